The van der Waals surface area contributed by atoms with Crippen LogP contribution in [0.2, 0.25) is 0 Å². The maximum atomic E-state index is 14.9. The number of benzene rings is 2. The third kappa shape index (κ3) is 5.73. The largest absolute Gasteiger partial charge is 0.444 e. The second-order valence-electron chi connectivity index (χ2n) is 9.09. The molecule has 11 heteroatoms. The summed E-state index contributed by atoms with van der Waals surface area (Å²) in [6.07, 6.45) is 0.598. The first-order valence-corrected chi connectivity index (χ1v) is 13.4. The lowest BCUT2D eigenvalue weighted by Crippen LogP contribution is -2.32. The Morgan fingerprint density at radius 1 is 1.11 bits per heavy atom. The number of carbonyl (C=O) groups is 1. The van der Waals surface area contributed by atoms with Gasteiger partial charge in [-0.05, 0) is 54.4 Å². The quantitative estimate of drug-likeness (QED) is 0.330. The van der Waals surface area contributed by atoms with Crippen molar-refractivity contribution >= 4 is 43.1 Å². The lowest BCUT2D eigenvalue weighted by Gasteiger charge is -2.19. The average Bonchev–Trinajstić information content (AvgIpc) is 3.14. The lowest BCUT2D eigenvalue weighted by atomic mass is 10.1. The minimum atomic E-state index is -3.82. The van der Waals surface area contributed by atoms with Crippen molar-refractivity contribution in [2.75, 3.05) is 0 Å². The number of halogens is 2. The van der Waals surface area contributed by atoms with Gasteiger partial charge >= 0.3 is 6.09 Å². The Morgan fingerprint density at radius 3 is 2.50 bits per heavy atom. The van der Waals surface area contributed by atoms with E-state index in [0.29, 0.717) is 22.2 Å². The molecule has 4 aromatic rings. The number of nitrogens with zero attached hydrogens (tertiary/aromatic N) is 3. The number of carbonyl (C=O) groups excluding carboxylic acids is 1. The van der Waals surface area contributed by atoms with Gasteiger partial charge in [0.05, 0.1) is 11.4 Å². The van der Waals surface area contributed by atoms with E-state index in [1.54, 1.807) is 57.2 Å². The van der Waals surface area contributed by atoms with Crippen LogP contribution in [0.25, 0.3) is 22.3 Å². The van der Waals surface area contributed by atoms with Crippen LogP contribution in [-0.2, 0) is 27.1 Å². The molecule has 0 bridgehead atoms. The molecule has 4 rings (SSSR count). The molecule has 0 unspecified atom stereocenters. The summed E-state index contributed by atoms with van der Waals surface area (Å²) < 4.78 is 47.9. The molecule has 0 saturated carbocycles. The third-order valence-corrected chi connectivity index (χ3v) is 7.57. The van der Waals surface area contributed by atoms with Crippen molar-refractivity contribution in [1.82, 2.24) is 19.3 Å². The molecule has 2 aromatic carbocycles. The average molecular weight is 575 g/mol. The molecule has 0 aliphatic carbocycles. The van der Waals surface area contributed by atoms with Gasteiger partial charge in [0.25, 0.3) is 0 Å². The van der Waals surface area contributed by atoms with Crippen LogP contribution in [-0.4, -0.2) is 34.1 Å². The number of ether oxygens (including phenoxy) is 1. The number of hydrogen-bond donors (Lipinski definition) is 1. The first-order valence-electron chi connectivity index (χ1n) is 11.0. The molecule has 0 atom stereocenters. The van der Waals surface area contributed by atoms with E-state index in [1.165, 1.54) is 18.5 Å². The Bertz CT molecular complexity index is 1530. The number of nitrogens with one attached hydrogen (secondary N) is 1. The van der Waals surface area contributed by atoms with E-state index in [4.69, 9.17) is 4.74 Å². The molecule has 1 amide bonds. The van der Waals surface area contributed by atoms with E-state index in [9.17, 15) is 17.6 Å². The Hall–Kier alpha value is -3.31. The molecular formula is C25H24BrFN4O4S. The Balaban J connectivity index is 1.64. The van der Waals surface area contributed by atoms with Gasteiger partial charge < -0.3 is 10.1 Å². The summed E-state index contributed by atoms with van der Waals surface area (Å²) in [5.41, 5.74) is 1.23. The monoisotopic (exact) mass is 574 g/mol. The molecule has 2 heterocycles. The number of hydrogen-bond acceptors (Lipinski definition) is 6. The molecule has 1 N–H and O–H groups in total. The molecule has 0 radical (unpaired) electrons. The summed E-state index contributed by atoms with van der Waals surface area (Å²) in [6, 6.07) is 14.9. The van der Waals surface area contributed by atoms with Gasteiger partial charge in [0, 0.05) is 23.1 Å². The van der Waals surface area contributed by atoms with Crippen molar-refractivity contribution < 1.29 is 22.3 Å². The number of amides is 1. The number of fused-ring (bicyclic) bond motifs is 1. The van der Waals surface area contributed by atoms with Crippen molar-refractivity contribution in [2.45, 2.75) is 38.7 Å². The van der Waals surface area contributed by atoms with Gasteiger partial charge in [-0.25, -0.2) is 31.5 Å². The van der Waals surface area contributed by atoms with Crippen LogP contribution in [0.3, 0.4) is 0 Å². The fraction of sp³-hybridized carbons (Fsp3) is 0.240. The summed E-state index contributed by atoms with van der Waals surface area (Å²) in [5.74, 6) is -0.769. The topological polar surface area (TPSA) is 103 Å². The first kappa shape index (κ1) is 25.8. The summed E-state index contributed by atoms with van der Waals surface area (Å²) in [5, 5.41) is 2.97. The standard InChI is InChI=1S/C25H24BrFN4O4S/c1-25(2,3)35-24(32)28-13-18-10-9-17(11-20(18)27)22-19-12-21(26)31(23(19)30-15-29-22)36(33,34)14-16-7-5-4-6-8-16/h4-12,15H,13-14H2,1-3H3,(H,28,32). The first-order chi connectivity index (χ1) is 16.9. The highest BCUT2D eigenvalue weighted by atomic mass is 79.9. The van der Waals surface area contributed by atoms with Crippen LogP contribution in [0, 0.1) is 5.82 Å². The van der Waals surface area contributed by atoms with E-state index in [-0.39, 0.29) is 28.1 Å². The zero-order valence-corrected chi connectivity index (χ0v) is 22.2. The predicted molar refractivity (Wildman–Crippen MR) is 138 cm³/mol. The number of alkyl carbamates (subject to hydrolysis) is 1. The Kier molecular flexibility index (Phi) is 7.14. The van der Waals surface area contributed by atoms with Gasteiger partial charge in [0.15, 0.2) is 5.65 Å². The highest BCUT2D eigenvalue weighted by Crippen LogP contribution is 2.32. The van der Waals surface area contributed by atoms with Crippen LogP contribution < -0.4 is 5.32 Å². The van der Waals surface area contributed by atoms with Gasteiger partial charge in [-0.15, -0.1) is 0 Å². The van der Waals surface area contributed by atoms with Crippen LogP contribution in [0.4, 0.5) is 9.18 Å². The van der Waals surface area contributed by atoms with E-state index < -0.39 is 27.5 Å². The molecule has 0 spiro atoms. The second-order valence-corrected chi connectivity index (χ2v) is 11.7. The Morgan fingerprint density at radius 2 is 1.83 bits per heavy atom. The molecule has 0 aliphatic rings. The SMILES string of the molecule is CC(C)(C)OC(=O)NCc1ccc(-c2ncnc3c2cc(Br)n3S(=O)(=O)Cc2ccccc2)cc1F. The van der Waals surface area contributed by atoms with Crippen molar-refractivity contribution in [2.24, 2.45) is 0 Å². The second kappa shape index (κ2) is 9.98. The van der Waals surface area contributed by atoms with E-state index >= 15 is 0 Å². The van der Waals surface area contributed by atoms with E-state index in [2.05, 4.69) is 31.2 Å². The maximum Gasteiger partial charge on any atom is 0.407 e. The maximum absolute atomic E-state index is 14.9. The smallest absolute Gasteiger partial charge is 0.407 e. The zero-order valence-electron chi connectivity index (χ0n) is 19.8. The van der Waals surface area contributed by atoms with Gasteiger partial charge in [0.2, 0.25) is 10.0 Å². The molecule has 0 aliphatic heterocycles. The van der Waals surface area contributed by atoms with Crippen molar-refractivity contribution in [3.8, 4) is 11.3 Å². The van der Waals surface area contributed by atoms with Crippen molar-refractivity contribution in [3.05, 3.63) is 82.5 Å². The van der Waals surface area contributed by atoms with Crippen LogP contribution in [0.1, 0.15) is 31.9 Å². The van der Waals surface area contributed by atoms with E-state index in [0.717, 1.165) is 3.97 Å². The third-order valence-electron chi connectivity index (χ3n) is 5.13. The number of aromatic nitrogens is 3. The summed E-state index contributed by atoms with van der Waals surface area (Å²) in [7, 11) is -3.82. The molecular weight excluding hydrogens is 551 g/mol. The lowest BCUT2D eigenvalue weighted by molar-refractivity contribution is 0.0523. The highest BCUT2D eigenvalue weighted by Gasteiger charge is 2.24. The summed E-state index contributed by atoms with van der Waals surface area (Å²) in [6.45, 7) is 5.16. The van der Waals surface area contributed by atoms with Gasteiger partial charge in [-0.3, -0.25) is 0 Å². The minimum absolute atomic E-state index is 0.0557. The van der Waals surface area contributed by atoms with Gasteiger partial charge in [-0.1, -0.05) is 42.5 Å². The van der Waals surface area contributed by atoms with Gasteiger partial charge in [-0.2, -0.15) is 0 Å². The molecule has 0 saturated heterocycles. The predicted octanol–water partition coefficient (Wildman–Crippen LogP) is 5.40. The van der Waals surface area contributed by atoms with Crippen LogP contribution >= 0.6 is 15.9 Å². The van der Waals surface area contributed by atoms with Crippen LogP contribution in [0.15, 0.2) is 65.5 Å². The zero-order chi connectivity index (χ0) is 26.1. The highest BCUT2D eigenvalue weighted by molar-refractivity contribution is 9.10. The fourth-order valence-corrected chi connectivity index (χ4v) is 6.15. The molecule has 0 fully saturated rings. The van der Waals surface area contributed by atoms with Crippen LogP contribution in [0.5, 0.6) is 0 Å². The van der Waals surface area contributed by atoms with Crippen molar-refractivity contribution in [3.63, 3.8) is 0 Å². The van der Waals surface area contributed by atoms with E-state index in [1.807, 2.05) is 6.07 Å². The van der Waals surface area contributed by atoms with Crippen molar-refractivity contribution in [1.29, 1.82) is 0 Å². The van der Waals surface area contributed by atoms with Gasteiger partial charge in [0.1, 0.15) is 22.3 Å². The summed E-state index contributed by atoms with van der Waals surface area (Å²) >= 11 is 3.34. The molecule has 8 nitrogen and oxygen atoms in total. The minimum Gasteiger partial charge on any atom is -0.444 e. The molecule has 188 valence electrons. The fourth-order valence-electron chi connectivity index (χ4n) is 3.62. The summed E-state index contributed by atoms with van der Waals surface area (Å²) in [4.78, 5) is 20.4. The molecule has 2 aromatic heterocycles. The molecule has 36 heavy (non-hydrogen) atoms. The Labute approximate surface area is 216 Å². The number of rotatable bonds is 6. The normalized spacial score (nSPS) is 12.0.